The molecule has 0 saturated heterocycles. The molecule has 4 nitrogen and oxygen atoms in total. The van der Waals surface area contributed by atoms with Gasteiger partial charge in [0.25, 0.3) is 0 Å². The molecule has 0 aliphatic heterocycles. The Kier molecular flexibility index (Phi) is 5.65. The summed E-state index contributed by atoms with van der Waals surface area (Å²) in [6.45, 7) is 6.85. The topological polar surface area (TPSA) is 64.3 Å². The lowest BCUT2D eigenvalue weighted by atomic mass is 10.0. The SMILES string of the molecule is Cc1ccc(C(C)C)cc1OCCCC(=O)NN. The number of ether oxygens (including phenoxy) is 1. The van der Waals surface area contributed by atoms with Crippen LogP contribution >= 0.6 is 0 Å². The Hall–Kier alpha value is -1.55. The summed E-state index contributed by atoms with van der Waals surface area (Å²) in [5, 5.41) is 0. The Morgan fingerprint density at radius 1 is 1.44 bits per heavy atom. The van der Waals surface area contributed by atoms with Crippen LogP contribution in [0.5, 0.6) is 5.75 Å². The zero-order valence-corrected chi connectivity index (χ0v) is 11.3. The molecule has 0 aliphatic carbocycles. The van der Waals surface area contributed by atoms with Gasteiger partial charge in [-0.25, -0.2) is 5.84 Å². The maximum Gasteiger partial charge on any atom is 0.234 e. The smallest absolute Gasteiger partial charge is 0.234 e. The lowest BCUT2D eigenvalue weighted by Gasteiger charge is -2.12. The summed E-state index contributed by atoms with van der Waals surface area (Å²) >= 11 is 0. The number of carbonyl (C=O) groups is 1. The summed E-state index contributed by atoms with van der Waals surface area (Å²) in [4.78, 5) is 10.9. The van der Waals surface area contributed by atoms with Crippen molar-refractivity contribution >= 4 is 5.91 Å². The van der Waals surface area contributed by atoms with Gasteiger partial charge in [0.05, 0.1) is 6.61 Å². The van der Waals surface area contributed by atoms with E-state index in [0.717, 1.165) is 11.3 Å². The van der Waals surface area contributed by atoms with Crippen LogP contribution in [0.3, 0.4) is 0 Å². The molecule has 0 saturated carbocycles. The molecule has 100 valence electrons. The molecule has 1 amide bonds. The molecule has 4 heteroatoms. The van der Waals surface area contributed by atoms with Crippen molar-refractivity contribution in [3.05, 3.63) is 29.3 Å². The van der Waals surface area contributed by atoms with Gasteiger partial charge in [-0.05, 0) is 36.5 Å². The molecular formula is C14H22N2O2. The standard InChI is InChI=1S/C14H22N2O2/c1-10(2)12-7-6-11(3)13(9-12)18-8-4-5-14(17)16-15/h6-7,9-10H,4-5,8,15H2,1-3H3,(H,16,17). The predicted octanol–water partition coefficient (Wildman–Crippen LogP) is 2.27. The minimum atomic E-state index is -0.161. The summed E-state index contributed by atoms with van der Waals surface area (Å²) in [5.74, 6) is 6.22. The van der Waals surface area contributed by atoms with Crippen molar-refractivity contribution in [2.24, 2.45) is 5.84 Å². The fraction of sp³-hybridized carbons (Fsp3) is 0.500. The molecule has 18 heavy (non-hydrogen) atoms. The molecule has 0 unspecified atom stereocenters. The van der Waals surface area contributed by atoms with Gasteiger partial charge in [0.1, 0.15) is 5.75 Å². The Labute approximate surface area is 108 Å². The predicted molar refractivity (Wildman–Crippen MR) is 72.3 cm³/mol. The van der Waals surface area contributed by atoms with E-state index in [0.29, 0.717) is 25.4 Å². The zero-order chi connectivity index (χ0) is 13.5. The van der Waals surface area contributed by atoms with Crippen molar-refractivity contribution in [3.8, 4) is 5.75 Å². The van der Waals surface area contributed by atoms with Crippen molar-refractivity contribution < 1.29 is 9.53 Å². The van der Waals surface area contributed by atoms with Crippen molar-refractivity contribution in [3.63, 3.8) is 0 Å². The van der Waals surface area contributed by atoms with Crippen LogP contribution in [0.1, 0.15) is 43.7 Å². The van der Waals surface area contributed by atoms with Crippen molar-refractivity contribution in [1.29, 1.82) is 0 Å². The molecule has 0 heterocycles. The molecule has 0 aromatic heterocycles. The van der Waals surface area contributed by atoms with Gasteiger partial charge in [-0.2, -0.15) is 0 Å². The van der Waals surface area contributed by atoms with Crippen molar-refractivity contribution in [2.45, 2.75) is 39.5 Å². The van der Waals surface area contributed by atoms with Crippen LogP contribution < -0.4 is 16.0 Å². The van der Waals surface area contributed by atoms with E-state index in [2.05, 4.69) is 37.5 Å². The van der Waals surface area contributed by atoms with E-state index in [4.69, 9.17) is 10.6 Å². The second kappa shape index (κ2) is 7.01. The van der Waals surface area contributed by atoms with E-state index < -0.39 is 0 Å². The first kappa shape index (κ1) is 14.5. The molecule has 0 spiro atoms. The van der Waals surface area contributed by atoms with Gasteiger partial charge >= 0.3 is 0 Å². The van der Waals surface area contributed by atoms with Crippen LogP contribution in [0.15, 0.2) is 18.2 Å². The van der Waals surface area contributed by atoms with Crippen molar-refractivity contribution in [1.82, 2.24) is 5.43 Å². The summed E-state index contributed by atoms with van der Waals surface area (Å²) in [7, 11) is 0. The minimum absolute atomic E-state index is 0.161. The molecule has 0 fully saturated rings. The van der Waals surface area contributed by atoms with E-state index in [-0.39, 0.29) is 5.91 Å². The van der Waals surface area contributed by atoms with Crippen LogP contribution in [-0.2, 0) is 4.79 Å². The maximum atomic E-state index is 10.9. The van der Waals surface area contributed by atoms with Crippen LogP contribution in [0.25, 0.3) is 0 Å². The lowest BCUT2D eigenvalue weighted by Crippen LogP contribution is -2.29. The number of nitrogens with two attached hydrogens (primary N) is 1. The second-order valence-electron chi connectivity index (χ2n) is 4.70. The average molecular weight is 250 g/mol. The molecule has 0 bridgehead atoms. The highest BCUT2D eigenvalue weighted by Gasteiger charge is 2.05. The summed E-state index contributed by atoms with van der Waals surface area (Å²) in [5.41, 5.74) is 4.48. The lowest BCUT2D eigenvalue weighted by molar-refractivity contribution is -0.121. The largest absolute Gasteiger partial charge is 0.493 e. The number of rotatable bonds is 6. The Morgan fingerprint density at radius 3 is 2.78 bits per heavy atom. The molecule has 1 aromatic carbocycles. The first-order chi connectivity index (χ1) is 8.54. The molecular weight excluding hydrogens is 228 g/mol. The summed E-state index contributed by atoms with van der Waals surface area (Å²) < 4.78 is 5.70. The number of hydrogen-bond donors (Lipinski definition) is 2. The third-order valence-electron chi connectivity index (χ3n) is 2.85. The van der Waals surface area contributed by atoms with Crippen LogP contribution in [-0.4, -0.2) is 12.5 Å². The number of hydrazine groups is 1. The number of carbonyl (C=O) groups excluding carboxylic acids is 1. The Bertz CT molecular complexity index is 403. The van der Waals surface area contributed by atoms with Gasteiger partial charge in [0.15, 0.2) is 0 Å². The van der Waals surface area contributed by atoms with Crippen LogP contribution in [0.2, 0.25) is 0 Å². The molecule has 0 aliphatic rings. The normalized spacial score (nSPS) is 10.5. The third kappa shape index (κ3) is 4.37. The molecule has 0 atom stereocenters. The zero-order valence-electron chi connectivity index (χ0n) is 11.3. The quantitative estimate of drug-likeness (QED) is 0.352. The van der Waals surface area contributed by atoms with Gasteiger partial charge < -0.3 is 4.74 Å². The Balaban J connectivity index is 2.51. The first-order valence-electron chi connectivity index (χ1n) is 6.27. The first-order valence-corrected chi connectivity index (χ1v) is 6.27. The van der Waals surface area contributed by atoms with E-state index in [1.807, 2.05) is 6.92 Å². The maximum absolute atomic E-state index is 10.9. The van der Waals surface area contributed by atoms with E-state index in [9.17, 15) is 4.79 Å². The molecule has 1 rings (SSSR count). The molecule has 3 N–H and O–H groups in total. The third-order valence-corrected chi connectivity index (χ3v) is 2.85. The number of hydrogen-bond acceptors (Lipinski definition) is 3. The molecule has 0 radical (unpaired) electrons. The van der Waals surface area contributed by atoms with Gasteiger partial charge in [-0.3, -0.25) is 10.2 Å². The van der Waals surface area contributed by atoms with Crippen molar-refractivity contribution in [2.75, 3.05) is 6.61 Å². The molecule has 1 aromatic rings. The number of nitrogens with one attached hydrogen (secondary N) is 1. The highest BCUT2D eigenvalue weighted by molar-refractivity contribution is 5.75. The summed E-state index contributed by atoms with van der Waals surface area (Å²) in [6, 6.07) is 6.26. The highest BCUT2D eigenvalue weighted by atomic mass is 16.5. The van der Waals surface area contributed by atoms with Crippen LogP contribution in [0.4, 0.5) is 0 Å². The minimum Gasteiger partial charge on any atom is -0.493 e. The van der Waals surface area contributed by atoms with Gasteiger partial charge in [0.2, 0.25) is 5.91 Å². The van der Waals surface area contributed by atoms with E-state index >= 15 is 0 Å². The highest BCUT2D eigenvalue weighted by Crippen LogP contribution is 2.24. The van der Waals surface area contributed by atoms with E-state index in [1.165, 1.54) is 5.56 Å². The average Bonchev–Trinajstić information content (AvgIpc) is 2.35. The number of benzene rings is 1. The van der Waals surface area contributed by atoms with Crippen LogP contribution in [0, 0.1) is 6.92 Å². The van der Waals surface area contributed by atoms with Gasteiger partial charge in [0, 0.05) is 6.42 Å². The number of amides is 1. The second-order valence-corrected chi connectivity index (χ2v) is 4.70. The van der Waals surface area contributed by atoms with Gasteiger partial charge in [-0.15, -0.1) is 0 Å². The fourth-order valence-electron chi connectivity index (χ4n) is 1.62. The number of aryl methyl sites for hydroxylation is 1. The van der Waals surface area contributed by atoms with E-state index in [1.54, 1.807) is 0 Å². The van der Waals surface area contributed by atoms with Gasteiger partial charge in [-0.1, -0.05) is 26.0 Å². The summed E-state index contributed by atoms with van der Waals surface area (Å²) in [6.07, 6.45) is 1.05. The monoisotopic (exact) mass is 250 g/mol. The fourth-order valence-corrected chi connectivity index (χ4v) is 1.62. The Morgan fingerprint density at radius 2 is 2.17 bits per heavy atom.